The summed E-state index contributed by atoms with van der Waals surface area (Å²) in [6, 6.07) is 12.3. The van der Waals surface area contributed by atoms with Crippen molar-refractivity contribution in [3.05, 3.63) is 60.2 Å². The quantitative estimate of drug-likeness (QED) is 0.940. The van der Waals surface area contributed by atoms with Crippen molar-refractivity contribution >= 4 is 5.71 Å². The molecule has 0 fully saturated rings. The van der Waals surface area contributed by atoms with E-state index in [0.717, 1.165) is 23.5 Å². The van der Waals surface area contributed by atoms with Crippen LogP contribution in [0.5, 0.6) is 0 Å². The van der Waals surface area contributed by atoms with Crippen LogP contribution < -0.4 is 5.32 Å². The average molecular weight is 280 g/mol. The molecule has 3 unspecified atom stereocenters. The van der Waals surface area contributed by atoms with Gasteiger partial charge in [0.15, 0.2) is 0 Å². The summed E-state index contributed by atoms with van der Waals surface area (Å²) >= 11 is 0. The number of hydrogen-bond donors (Lipinski definition) is 1. The number of nitrogens with zero attached hydrogens (tertiary/aromatic N) is 3. The molecule has 1 aliphatic rings. The lowest BCUT2D eigenvalue weighted by molar-refractivity contribution is 0.366. The van der Waals surface area contributed by atoms with Crippen molar-refractivity contribution in [3.8, 4) is 0 Å². The number of hydrogen-bond acceptors (Lipinski definition) is 4. The number of pyridine rings is 2. The topological polar surface area (TPSA) is 50.2 Å². The van der Waals surface area contributed by atoms with E-state index in [4.69, 9.17) is 4.99 Å². The highest BCUT2D eigenvalue weighted by Gasteiger charge is 2.31. The van der Waals surface area contributed by atoms with Crippen LogP contribution in [0.2, 0.25) is 0 Å². The Morgan fingerprint density at radius 3 is 2.43 bits per heavy atom. The Hall–Kier alpha value is -2.07. The Balaban J connectivity index is 2.02. The molecule has 0 saturated heterocycles. The number of nitrogens with one attached hydrogen (secondary N) is 1. The molecule has 4 nitrogen and oxygen atoms in total. The first-order chi connectivity index (χ1) is 10.3. The Morgan fingerprint density at radius 2 is 1.81 bits per heavy atom. The SMILES string of the molecule is CCC1C(c2ccccn2)=NC(c2ccccn2)NC1C. The van der Waals surface area contributed by atoms with Crippen LogP contribution in [0.3, 0.4) is 0 Å². The van der Waals surface area contributed by atoms with Crippen LogP contribution in [0.1, 0.15) is 37.8 Å². The van der Waals surface area contributed by atoms with Crippen molar-refractivity contribution in [2.45, 2.75) is 32.5 Å². The van der Waals surface area contributed by atoms with Gasteiger partial charge in [-0.1, -0.05) is 19.1 Å². The Kier molecular flexibility index (Phi) is 4.06. The summed E-state index contributed by atoms with van der Waals surface area (Å²) in [4.78, 5) is 13.8. The third kappa shape index (κ3) is 2.85. The molecule has 0 aliphatic carbocycles. The first kappa shape index (κ1) is 13.9. The lowest BCUT2D eigenvalue weighted by Gasteiger charge is -2.33. The summed E-state index contributed by atoms with van der Waals surface area (Å²) in [6.45, 7) is 4.41. The standard InChI is InChI=1S/C17H20N4/c1-3-13-12(2)20-17(15-9-5-7-11-19-15)21-16(13)14-8-4-6-10-18-14/h4-13,17,20H,3H2,1-2H3. The van der Waals surface area contributed by atoms with E-state index >= 15 is 0 Å². The third-order valence-corrected chi connectivity index (χ3v) is 3.98. The number of aromatic nitrogens is 2. The summed E-state index contributed by atoms with van der Waals surface area (Å²) in [6.07, 6.45) is 4.58. The van der Waals surface area contributed by atoms with E-state index in [2.05, 4.69) is 29.1 Å². The molecule has 0 aromatic carbocycles. The summed E-state index contributed by atoms with van der Waals surface area (Å²) < 4.78 is 0. The second-order valence-corrected chi connectivity index (χ2v) is 5.36. The highest BCUT2D eigenvalue weighted by Crippen LogP contribution is 2.26. The lowest BCUT2D eigenvalue weighted by Crippen LogP contribution is -2.44. The first-order valence-corrected chi connectivity index (χ1v) is 7.45. The zero-order valence-corrected chi connectivity index (χ0v) is 12.4. The fourth-order valence-electron chi connectivity index (χ4n) is 2.88. The molecule has 3 heterocycles. The van der Waals surface area contributed by atoms with E-state index in [1.807, 2.05) is 48.8 Å². The second-order valence-electron chi connectivity index (χ2n) is 5.36. The Bertz CT molecular complexity index is 609. The van der Waals surface area contributed by atoms with Gasteiger partial charge in [-0.2, -0.15) is 0 Å². The molecule has 0 radical (unpaired) electrons. The first-order valence-electron chi connectivity index (χ1n) is 7.45. The summed E-state index contributed by atoms with van der Waals surface area (Å²) in [5.74, 6) is 0.375. The molecular weight excluding hydrogens is 260 g/mol. The second kappa shape index (κ2) is 6.14. The minimum absolute atomic E-state index is 0.0963. The minimum atomic E-state index is -0.0963. The van der Waals surface area contributed by atoms with E-state index in [-0.39, 0.29) is 6.17 Å². The van der Waals surface area contributed by atoms with Gasteiger partial charge in [0.2, 0.25) is 0 Å². The maximum Gasteiger partial charge on any atom is 0.143 e. The van der Waals surface area contributed by atoms with Crippen molar-refractivity contribution in [2.24, 2.45) is 10.9 Å². The minimum Gasteiger partial charge on any atom is -0.288 e. The molecule has 1 N–H and O–H groups in total. The van der Waals surface area contributed by atoms with Crippen molar-refractivity contribution in [2.75, 3.05) is 0 Å². The summed E-state index contributed by atoms with van der Waals surface area (Å²) in [7, 11) is 0. The van der Waals surface area contributed by atoms with Crippen LogP contribution in [0.15, 0.2) is 53.8 Å². The van der Waals surface area contributed by atoms with Gasteiger partial charge in [-0.05, 0) is 37.6 Å². The number of aliphatic imine (C=N–C) groups is 1. The van der Waals surface area contributed by atoms with Gasteiger partial charge in [0.1, 0.15) is 6.17 Å². The van der Waals surface area contributed by atoms with Crippen molar-refractivity contribution < 1.29 is 0 Å². The Labute approximate surface area is 125 Å². The van der Waals surface area contributed by atoms with Gasteiger partial charge in [0.05, 0.1) is 17.1 Å². The average Bonchev–Trinajstić information content (AvgIpc) is 2.55. The fraction of sp³-hybridized carbons (Fsp3) is 0.353. The van der Waals surface area contributed by atoms with Crippen molar-refractivity contribution in [1.82, 2.24) is 15.3 Å². The molecule has 3 rings (SSSR count). The third-order valence-electron chi connectivity index (χ3n) is 3.98. The molecule has 4 heteroatoms. The van der Waals surface area contributed by atoms with E-state index in [1.165, 1.54) is 0 Å². The zero-order valence-electron chi connectivity index (χ0n) is 12.4. The zero-order chi connectivity index (χ0) is 14.7. The van der Waals surface area contributed by atoms with Gasteiger partial charge >= 0.3 is 0 Å². The van der Waals surface area contributed by atoms with E-state index < -0.39 is 0 Å². The van der Waals surface area contributed by atoms with Gasteiger partial charge in [0.25, 0.3) is 0 Å². The maximum atomic E-state index is 4.91. The predicted octanol–water partition coefficient (Wildman–Crippen LogP) is 2.98. The number of rotatable bonds is 3. The molecule has 2 aromatic heterocycles. The van der Waals surface area contributed by atoms with Crippen molar-refractivity contribution in [3.63, 3.8) is 0 Å². The molecule has 21 heavy (non-hydrogen) atoms. The van der Waals surface area contributed by atoms with Gasteiger partial charge in [-0.3, -0.25) is 20.3 Å². The lowest BCUT2D eigenvalue weighted by atomic mass is 9.88. The van der Waals surface area contributed by atoms with Crippen molar-refractivity contribution in [1.29, 1.82) is 0 Å². The molecule has 0 bridgehead atoms. The normalized spacial score (nSPS) is 25.4. The molecule has 0 saturated carbocycles. The molecule has 1 aliphatic heterocycles. The maximum absolute atomic E-state index is 4.91. The van der Waals surface area contributed by atoms with Gasteiger partial charge in [0, 0.05) is 24.4 Å². The van der Waals surface area contributed by atoms with Crippen LogP contribution in [0, 0.1) is 5.92 Å². The highest BCUT2D eigenvalue weighted by molar-refractivity contribution is 6.01. The molecular formula is C17H20N4. The van der Waals surface area contributed by atoms with E-state index in [1.54, 1.807) is 0 Å². The Morgan fingerprint density at radius 1 is 1.05 bits per heavy atom. The molecule has 3 atom stereocenters. The molecule has 2 aromatic rings. The highest BCUT2D eigenvalue weighted by atomic mass is 15.1. The van der Waals surface area contributed by atoms with Gasteiger partial charge < -0.3 is 0 Å². The van der Waals surface area contributed by atoms with Gasteiger partial charge in [-0.15, -0.1) is 0 Å². The monoisotopic (exact) mass is 280 g/mol. The predicted molar refractivity (Wildman–Crippen MR) is 84.1 cm³/mol. The molecule has 108 valence electrons. The summed E-state index contributed by atoms with van der Waals surface area (Å²) in [5.41, 5.74) is 3.01. The fourth-order valence-corrected chi connectivity index (χ4v) is 2.88. The summed E-state index contributed by atoms with van der Waals surface area (Å²) in [5, 5.41) is 3.56. The smallest absolute Gasteiger partial charge is 0.143 e. The van der Waals surface area contributed by atoms with Crippen LogP contribution in [-0.2, 0) is 0 Å². The van der Waals surface area contributed by atoms with Crippen LogP contribution in [-0.4, -0.2) is 21.7 Å². The van der Waals surface area contributed by atoms with Crippen LogP contribution >= 0.6 is 0 Å². The molecule has 0 amide bonds. The van der Waals surface area contributed by atoms with Crippen LogP contribution in [0.25, 0.3) is 0 Å². The largest absolute Gasteiger partial charge is 0.288 e. The van der Waals surface area contributed by atoms with Gasteiger partial charge in [-0.25, -0.2) is 0 Å². The van der Waals surface area contributed by atoms with Crippen LogP contribution in [0.4, 0.5) is 0 Å². The van der Waals surface area contributed by atoms with E-state index in [0.29, 0.717) is 12.0 Å². The molecule has 0 spiro atoms. The van der Waals surface area contributed by atoms with E-state index in [9.17, 15) is 0 Å².